The second-order valence-electron chi connectivity index (χ2n) is 6.69. The summed E-state index contributed by atoms with van der Waals surface area (Å²) in [7, 11) is 0. The van der Waals surface area contributed by atoms with Gasteiger partial charge in [-0.25, -0.2) is 8.78 Å². The van der Waals surface area contributed by atoms with Crippen molar-refractivity contribution in [1.82, 2.24) is 0 Å². The molecule has 3 aromatic rings. The maximum Gasteiger partial charge on any atom is 0.300 e. The van der Waals surface area contributed by atoms with E-state index in [2.05, 4.69) is 15.9 Å². The number of carbonyl (C=O) groups is 2. The van der Waals surface area contributed by atoms with Crippen LogP contribution in [0.1, 0.15) is 17.2 Å². The quantitative estimate of drug-likeness (QED) is 0.319. The average Bonchev–Trinajstić information content (AvgIpc) is 3.01. The van der Waals surface area contributed by atoms with E-state index in [4.69, 9.17) is 0 Å². The molecule has 1 heterocycles. The van der Waals surface area contributed by atoms with Gasteiger partial charge in [0.25, 0.3) is 11.7 Å². The first-order valence-corrected chi connectivity index (χ1v) is 9.74. The number of hydrogen-bond donors (Lipinski definition) is 1. The molecule has 1 aliphatic rings. The van der Waals surface area contributed by atoms with Gasteiger partial charge in [-0.05, 0) is 29.8 Å². The van der Waals surface area contributed by atoms with Crippen molar-refractivity contribution in [2.45, 2.75) is 6.04 Å². The average molecular weight is 470 g/mol. The molecule has 0 saturated carbocycles. The summed E-state index contributed by atoms with van der Waals surface area (Å²) in [5, 5.41) is 10.9. The largest absolute Gasteiger partial charge is 0.507 e. The minimum absolute atomic E-state index is 0.0136. The summed E-state index contributed by atoms with van der Waals surface area (Å²) < 4.78 is 28.1. The number of ketones is 1. The smallest absolute Gasteiger partial charge is 0.300 e. The molecule has 0 radical (unpaired) electrons. The van der Waals surface area contributed by atoms with E-state index in [-0.39, 0.29) is 17.0 Å². The Morgan fingerprint density at radius 3 is 2.20 bits per heavy atom. The normalized spacial score (nSPS) is 18.1. The predicted octanol–water partition coefficient (Wildman–Crippen LogP) is 5.35. The summed E-state index contributed by atoms with van der Waals surface area (Å²) in [4.78, 5) is 26.9. The Hall–Kier alpha value is -3.32. The summed E-state index contributed by atoms with van der Waals surface area (Å²) in [6.07, 6.45) is 0. The van der Waals surface area contributed by atoms with E-state index in [9.17, 15) is 23.5 Å². The van der Waals surface area contributed by atoms with E-state index >= 15 is 0 Å². The van der Waals surface area contributed by atoms with Crippen molar-refractivity contribution in [3.05, 3.63) is 106 Å². The molecule has 0 spiro atoms. The molecule has 150 valence electrons. The molecule has 1 saturated heterocycles. The lowest BCUT2D eigenvalue weighted by atomic mass is 9.95. The zero-order valence-electron chi connectivity index (χ0n) is 15.4. The van der Waals surface area contributed by atoms with Crippen molar-refractivity contribution < 1.29 is 23.5 Å². The molecular weight excluding hydrogens is 456 g/mol. The van der Waals surface area contributed by atoms with Crippen LogP contribution in [0.4, 0.5) is 14.5 Å². The van der Waals surface area contributed by atoms with Crippen LogP contribution in [0, 0.1) is 11.6 Å². The van der Waals surface area contributed by atoms with Gasteiger partial charge in [-0.15, -0.1) is 0 Å². The highest BCUT2D eigenvalue weighted by Gasteiger charge is 2.47. The van der Waals surface area contributed by atoms with Gasteiger partial charge in [0, 0.05) is 21.8 Å². The van der Waals surface area contributed by atoms with Gasteiger partial charge < -0.3 is 5.11 Å². The lowest BCUT2D eigenvalue weighted by Crippen LogP contribution is -2.29. The zero-order valence-corrected chi connectivity index (χ0v) is 16.9. The van der Waals surface area contributed by atoms with Gasteiger partial charge in [-0.2, -0.15) is 0 Å². The minimum Gasteiger partial charge on any atom is -0.507 e. The number of hydrogen-bond acceptors (Lipinski definition) is 3. The summed E-state index contributed by atoms with van der Waals surface area (Å²) in [5.74, 6) is -4.40. The van der Waals surface area contributed by atoms with Crippen molar-refractivity contribution in [3.8, 4) is 0 Å². The Kier molecular flexibility index (Phi) is 5.22. The molecule has 3 aromatic carbocycles. The van der Waals surface area contributed by atoms with Gasteiger partial charge in [-0.1, -0.05) is 58.4 Å². The predicted molar refractivity (Wildman–Crippen MR) is 112 cm³/mol. The topological polar surface area (TPSA) is 57.6 Å². The van der Waals surface area contributed by atoms with E-state index in [0.717, 1.165) is 21.5 Å². The van der Waals surface area contributed by atoms with Crippen LogP contribution < -0.4 is 4.90 Å². The van der Waals surface area contributed by atoms with Gasteiger partial charge >= 0.3 is 0 Å². The van der Waals surface area contributed by atoms with Crippen molar-refractivity contribution in [3.63, 3.8) is 0 Å². The second kappa shape index (κ2) is 7.84. The van der Waals surface area contributed by atoms with Crippen LogP contribution >= 0.6 is 15.9 Å². The third-order valence-electron chi connectivity index (χ3n) is 4.86. The van der Waals surface area contributed by atoms with Gasteiger partial charge in [-0.3, -0.25) is 14.5 Å². The van der Waals surface area contributed by atoms with Crippen LogP contribution in [0.5, 0.6) is 0 Å². The lowest BCUT2D eigenvalue weighted by molar-refractivity contribution is -0.132. The lowest BCUT2D eigenvalue weighted by Gasteiger charge is -2.25. The number of anilines is 1. The number of carbonyl (C=O) groups excluding carboxylic acids is 2. The summed E-state index contributed by atoms with van der Waals surface area (Å²) in [5.41, 5.74) is 0.778. The number of nitrogens with zero attached hydrogens (tertiary/aromatic N) is 1. The van der Waals surface area contributed by atoms with E-state index in [1.165, 1.54) is 6.07 Å². The van der Waals surface area contributed by atoms with Crippen LogP contribution in [0.25, 0.3) is 5.76 Å². The van der Waals surface area contributed by atoms with Crippen LogP contribution in [0.15, 0.2) is 82.8 Å². The maximum absolute atomic E-state index is 13.9. The summed E-state index contributed by atoms with van der Waals surface area (Å²) in [6.45, 7) is 0. The molecule has 1 aliphatic heterocycles. The summed E-state index contributed by atoms with van der Waals surface area (Å²) >= 11 is 3.31. The molecule has 4 nitrogen and oxygen atoms in total. The molecule has 0 aromatic heterocycles. The highest BCUT2D eigenvalue weighted by Crippen LogP contribution is 2.42. The Morgan fingerprint density at radius 2 is 1.57 bits per heavy atom. The number of rotatable bonds is 3. The van der Waals surface area contributed by atoms with Crippen molar-refractivity contribution >= 4 is 39.1 Å². The number of Topliss-reactive ketones (excluding diaryl/α,β-unsaturated/α-hetero) is 1. The molecule has 1 N–H and O–H groups in total. The molecular formula is C23H14BrF2NO3. The Balaban J connectivity index is 1.94. The van der Waals surface area contributed by atoms with E-state index < -0.39 is 29.4 Å². The first-order valence-electron chi connectivity index (χ1n) is 8.95. The van der Waals surface area contributed by atoms with Gasteiger partial charge in [0.2, 0.25) is 0 Å². The van der Waals surface area contributed by atoms with Crippen LogP contribution in [-0.2, 0) is 9.59 Å². The SMILES string of the molecule is O=C1C(=O)N(c2ccc(F)c(F)c2)C(c2ccccc2)/C1=C(\O)c1ccc(Br)cc1. The van der Waals surface area contributed by atoms with Crippen LogP contribution in [-0.4, -0.2) is 16.8 Å². The fourth-order valence-corrected chi connectivity index (χ4v) is 3.71. The Bertz CT molecular complexity index is 1180. The monoisotopic (exact) mass is 469 g/mol. The van der Waals surface area contributed by atoms with Gasteiger partial charge in [0.05, 0.1) is 11.6 Å². The molecule has 0 bridgehead atoms. The fourth-order valence-electron chi connectivity index (χ4n) is 3.45. The molecule has 1 amide bonds. The number of aliphatic hydroxyl groups excluding tert-OH is 1. The second-order valence-corrected chi connectivity index (χ2v) is 7.60. The molecule has 7 heteroatoms. The third kappa shape index (κ3) is 3.41. The van der Waals surface area contributed by atoms with Gasteiger partial charge in [0.15, 0.2) is 11.6 Å². The molecule has 0 aliphatic carbocycles. The maximum atomic E-state index is 13.9. The zero-order chi connectivity index (χ0) is 21.4. The molecule has 1 unspecified atom stereocenters. The van der Waals surface area contributed by atoms with E-state index in [0.29, 0.717) is 11.1 Å². The highest BCUT2D eigenvalue weighted by atomic mass is 79.9. The molecule has 1 fully saturated rings. The Labute approximate surface area is 179 Å². The first-order chi connectivity index (χ1) is 14.4. The standard InChI is InChI=1S/C23H14BrF2NO3/c24-15-8-6-14(7-9-15)21(28)19-20(13-4-2-1-3-5-13)27(23(30)22(19)29)16-10-11-17(25)18(26)12-16/h1-12,20,28H/b21-19+. The van der Waals surface area contributed by atoms with Crippen LogP contribution in [0.2, 0.25) is 0 Å². The van der Waals surface area contributed by atoms with E-state index in [1.807, 2.05) is 0 Å². The van der Waals surface area contributed by atoms with Crippen molar-refractivity contribution in [2.75, 3.05) is 4.90 Å². The fraction of sp³-hybridized carbons (Fsp3) is 0.0435. The number of halogens is 3. The number of aliphatic hydroxyl groups is 1. The van der Waals surface area contributed by atoms with Crippen molar-refractivity contribution in [1.29, 1.82) is 0 Å². The summed E-state index contributed by atoms with van der Waals surface area (Å²) in [6, 6.07) is 17.2. The number of amides is 1. The van der Waals surface area contributed by atoms with Crippen LogP contribution in [0.3, 0.4) is 0 Å². The van der Waals surface area contributed by atoms with Crippen molar-refractivity contribution in [2.24, 2.45) is 0 Å². The third-order valence-corrected chi connectivity index (χ3v) is 5.39. The first kappa shape index (κ1) is 20.0. The highest BCUT2D eigenvalue weighted by molar-refractivity contribution is 9.10. The Morgan fingerprint density at radius 1 is 0.900 bits per heavy atom. The molecule has 4 rings (SSSR count). The number of benzene rings is 3. The molecule has 30 heavy (non-hydrogen) atoms. The van der Waals surface area contributed by atoms with E-state index in [1.54, 1.807) is 54.6 Å². The minimum atomic E-state index is -1.14. The molecule has 1 atom stereocenters. The van der Waals surface area contributed by atoms with Gasteiger partial charge in [0.1, 0.15) is 5.76 Å².